The van der Waals surface area contributed by atoms with Crippen molar-refractivity contribution in [3.63, 3.8) is 0 Å². The maximum Gasteiger partial charge on any atom is 0.233 e. The highest BCUT2D eigenvalue weighted by atomic mass is 16.2. The first kappa shape index (κ1) is 15.9. The first-order chi connectivity index (χ1) is 8.20. The van der Waals surface area contributed by atoms with Crippen LogP contribution in [0.2, 0.25) is 0 Å². The molecule has 0 radical (unpaired) electrons. The van der Waals surface area contributed by atoms with E-state index in [-0.39, 0.29) is 11.8 Å². The molecule has 0 saturated carbocycles. The molecule has 0 unspecified atom stereocenters. The van der Waals surface area contributed by atoms with Crippen LogP contribution in [0.4, 0.5) is 0 Å². The molecule has 0 aromatic carbocycles. The summed E-state index contributed by atoms with van der Waals surface area (Å²) < 4.78 is 0. The zero-order valence-corrected chi connectivity index (χ0v) is 10.8. The zero-order chi connectivity index (χ0) is 12.9. The molecule has 0 rings (SSSR count). The van der Waals surface area contributed by atoms with Gasteiger partial charge in [-0.2, -0.15) is 0 Å². The number of rotatable bonds is 10. The molecular formula is C11H24N4O2. The maximum absolute atomic E-state index is 11.1. The van der Waals surface area contributed by atoms with Crippen LogP contribution in [-0.2, 0) is 9.59 Å². The molecule has 0 spiro atoms. The molecule has 2 amide bonds. The highest BCUT2D eigenvalue weighted by Gasteiger charge is 1.98. The molecule has 0 atom stereocenters. The molecule has 6 heteroatoms. The summed E-state index contributed by atoms with van der Waals surface area (Å²) in [5.41, 5.74) is 0. The van der Waals surface area contributed by atoms with Crippen molar-refractivity contribution in [2.45, 2.75) is 20.3 Å². The van der Waals surface area contributed by atoms with Gasteiger partial charge < -0.3 is 21.3 Å². The number of carbonyl (C=O) groups is 2. The van der Waals surface area contributed by atoms with Gasteiger partial charge in [0.1, 0.15) is 0 Å². The number of carbonyl (C=O) groups excluding carboxylic acids is 2. The van der Waals surface area contributed by atoms with Crippen molar-refractivity contribution in [3.05, 3.63) is 0 Å². The standard InChI is InChI=1S/C11H24N4O2/c1-3-14-10(16)8-12-6-5-7-13-9-11(17)15-4-2/h12-13H,3-9H2,1-2H3,(H,14,16)(H,15,17). The fourth-order valence-electron chi connectivity index (χ4n) is 1.26. The Hall–Kier alpha value is -1.14. The molecule has 0 heterocycles. The average molecular weight is 244 g/mol. The second-order valence-corrected chi connectivity index (χ2v) is 3.61. The Morgan fingerprint density at radius 2 is 1.24 bits per heavy atom. The van der Waals surface area contributed by atoms with Crippen LogP contribution >= 0.6 is 0 Å². The van der Waals surface area contributed by atoms with E-state index < -0.39 is 0 Å². The summed E-state index contributed by atoms with van der Waals surface area (Å²) in [7, 11) is 0. The third-order valence-corrected chi connectivity index (χ3v) is 2.03. The second kappa shape index (κ2) is 11.3. The Labute approximate surface area is 103 Å². The third-order valence-electron chi connectivity index (χ3n) is 2.03. The molecular weight excluding hydrogens is 220 g/mol. The Morgan fingerprint density at radius 1 is 0.824 bits per heavy atom. The van der Waals surface area contributed by atoms with Crippen molar-refractivity contribution >= 4 is 11.8 Å². The van der Waals surface area contributed by atoms with E-state index in [1.54, 1.807) is 0 Å². The summed E-state index contributed by atoms with van der Waals surface area (Å²) in [5.74, 6) is 0.0329. The van der Waals surface area contributed by atoms with Gasteiger partial charge in [0.25, 0.3) is 0 Å². The van der Waals surface area contributed by atoms with E-state index in [0.29, 0.717) is 26.2 Å². The highest BCUT2D eigenvalue weighted by Crippen LogP contribution is 1.74. The average Bonchev–Trinajstić information content (AvgIpc) is 2.28. The zero-order valence-electron chi connectivity index (χ0n) is 10.8. The van der Waals surface area contributed by atoms with Gasteiger partial charge in [-0.3, -0.25) is 9.59 Å². The van der Waals surface area contributed by atoms with Crippen molar-refractivity contribution in [1.29, 1.82) is 0 Å². The lowest BCUT2D eigenvalue weighted by molar-refractivity contribution is -0.120. The summed E-state index contributed by atoms with van der Waals surface area (Å²) in [4.78, 5) is 22.1. The van der Waals surface area contributed by atoms with E-state index in [9.17, 15) is 9.59 Å². The van der Waals surface area contributed by atoms with Crippen LogP contribution in [0.1, 0.15) is 20.3 Å². The van der Waals surface area contributed by atoms with Crippen molar-refractivity contribution in [1.82, 2.24) is 21.3 Å². The SMILES string of the molecule is CCNC(=O)CNCCCNCC(=O)NCC. The monoisotopic (exact) mass is 244 g/mol. The van der Waals surface area contributed by atoms with Crippen LogP contribution in [0.25, 0.3) is 0 Å². The molecule has 0 saturated heterocycles. The van der Waals surface area contributed by atoms with Crippen LogP contribution in [0.15, 0.2) is 0 Å². The number of amides is 2. The van der Waals surface area contributed by atoms with Gasteiger partial charge >= 0.3 is 0 Å². The molecule has 0 aromatic heterocycles. The van der Waals surface area contributed by atoms with Gasteiger partial charge in [0.15, 0.2) is 0 Å². The normalized spacial score (nSPS) is 10.0. The predicted octanol–water partition coefficient (Wildman–Crippen LogP) is -1.17. The maximum atomic E-state index is 11.1. The minimum absolute atomic E-state index is 0.0165. The summed E-state index contributed by atoms with van der Waals surface area (Å²) >= 11 is 0. The molecule has 0 aliphatic heterocycles. The fourth-order valence-corrected chi connectivity index (χ4v) is 1.26. The van der Waals surface area contributed by atoms with Gasteiger partial charge in [-0.05, 0) is 33.4 Å². The first-order valence-corrected chi connectivity index (χ1v) is 6.15. The molecule has 6 nitrogen and oxygen atoms in total. The third kappa shape index (κ3) is 11.1. The molecule has 0 aromatic rings. The Balaban J connectivity index is 3.18. The minimum Gasteiger partial charge on any atom is -0.355 e. The summed E-state index contributed by atoms with van der Waals surface area (Å²) in [5, 5.41) is 11.5. The van der Waals surface area contributed by atoms with Crippen LogP contribution in [0.5, 0.6) is 0 Å². The van der Waals surface area contributed by atoms with Crippen molar-refractivity contribution < 1.29 is 9.59 Å². The summed E-state index contributed by atoms with van der Waals surface area (Å²) in [6.45, 7) is 7.34. The predicted molar refractivity (Wildman–Crippen MR) is 67.7 cm³/mol. The van der Waals surface area contributed by atoms with E-state index in [0.717, 1.165) is 19.5 Å². The largest absolute Gasteiger partial charge is 0.355 e. The number of likely N-dealkylation sites (N-methyl/N-ethyl adjacent to an activating group) is 2. The van der Waals surface area contributed by atoms with Crippen molar-refractivity contribution in [2.24, 2.45) is 0 Å². The van der Waals surface area contributed by atoms with Gasteiger partial charge in [-0.15, -0.1) is 0 Å². The first-order valence-electron chi connectivity index (χ1n) is 6.15. The Bertz CT molecular complexity index is 200. The smallest absolute Gasteiger partial charge is 0.233 e. The van der Waals surface area contributed by atoms with Crippen LogP contribution in [0.3, 0.4) is 0 Å². The van der Waals surface area contributed by atoms with Gasteiger partial charge in [-0.25, -0.2) is 0 Å². The molecule has 17 heavy (non-hydrogen) atoms. The van der Waals surface area contributed by atoms with E-state index in [4.69, 9.17) is 0 Å². The molecule has 100 valence electrons. The van der Waals surface area contributed by atoms with E-state index in [1.165, 1.54) is 0 Å². The van der Waals surface area contributed by atoms with E-state index in [2.05, 4.69) is 21.3 Å². The Kier molecular flexibility index (Phi) is 10.6. The van der Waals surface area contributed by atoms with Crippen LogP contribution in [-0.4, -0.2) is 51.1 Å². The van der Waals surface area contributed by atoms with E-state index >= 15 is 0 Å². The number of hydrogen-bond acceptors (Lipinski definition) is 4. The summed E-state index contributed by atoms with van der Waals surface area (Å²) in [6, 6.07) is 0. The topological polar surface area (TPSA) is 82.3 Å². The molecule has 4 N–H and O–H groups in total. The molecule has 0 bridgehead atoms. The quantitative estimate of drug-likeness (QED) is 0.365. The molecule has 0 aliphatic rings. The minimum atomic E-state index is 0.0165. The lowest BCUT2D eigenvalue weighted by Crippen LogP contribution is -2.36. The van der Waals surface area contributed by atoms with Crippen molar-refractivity contribution in [2.75, 3.05) is 39.3 Å². The van der Waals surface area contributed by atoms with Gasteiger partial charge in [-0.1, -0.05) is 0 Å². The van der Waals surface area contributed by atoms with Gasteiger partial charge in [0, 0.05) is 13.1 Å². The lowest BCUT2D eigenvalue weighted by atomic mass is 10.4. The van der Waals surface area contributed by atoms with Crippen LogP contribution in [0, 0.1) is 0 Å². The lowest BCUT2D eigenvalue weighted by Gasteiger charge is -2.06. The highest BCUT2D eigenvalue weighted by molar-refractivity contribution is 5.78. The number of hydrogen-bond donors (Lipinski definition) is 4. The molecule has 0 fully saturated rings. The fraction of sp³-hybridized carbons (Fsp3) is 0.818. The number of nitrogens with one attached hydrogen (secondary N) is 4. The van der Waals surface area contributed by atoms with Gasteiger partial charge in [0.2, 0.25) is 11.8 Å². The Morgan fingerprint density at radius 3 is 1.59 bits per heavy atom. The molecule has 0 aliphatic carbocycles. The second-order valence-electron chi connectivity index (χ2n) is 3.61. The van der Waals surface area contributed by atoms with Crippen LogP contribution < -0.4 is 21.3 Å². The van der Waals surface area contributed by atoms with Crippen molar-refractivity contribution in [3.8, 4) is 0 Å². The summed E-state index contributed by atoms with van der Waals surface area (Å²) in [6.07, 6.45) is 0.888. The van der Waals surface area contributed by atoms with Gasteiger partial charge in [0.05, 0.1) is 13.1 Å². The van der Waals surface area contributed by atoms with E-state index in [1.807, 2.05) is 13.8 Å².